The highest BCUT2D eigenvalue weighted by molar-refractivity contribution is 5.73. The second-order valence-electron chi connectivity index (χ2n) is 3.46. The second-order valence-corrected chi connectivity index (χ2v) is 3.46. The Labute approximate surface area is 89.1 Å². The van der Waals surface area contributed by atoms with Gasteiger partial charge < -0.3 is 10.4 Å². The highest BCUT2D eigenvalue weighted by atomic mass is 16.4. The van der Waals surface area contributed by atoms with Gasteiger partial charge in [0.1, 0.15) is 6.04 Å². The third kappa shape index (κ3) is 3.71. The molecule has 0 aromatic carbocycles. The van der Waals surface area contributed by atoms with Gasteiger partial charge in [0.15, 0.2) is 0 Å². The molecule has 1 atom stereocenters. The van der Waals surface area contributed by atoms with Gasteiger partial charge >= 0.3 is 5.97 Å². The predicted molar refractivity (Wildman–Crippen MR) is 56.7 cm³/mol. The average Bonchev–Trinajstić information content (AvgIpc) is 2.58. The summed E-state index contributed by atoms with van der Waals surface area (Å²) in [7, 11) is 0. The minimum Gasteiger partial charge on any atom is -0.480 e. The lowest BCUT2D eigenvalue weighted by Gasteiger charge is -2.12. The number of carboxylic acids is 1. The Hall–Kier alpha value is -1.36. The second kappa shape index (κ2) is 5.50. The van der Waals surface area contributed by atoms with Crippen LogP contribution in [0.25, 0.3) is 0 Å². The summed E-state index contributed by atoms with van der Waals surface area (Å²) < 4.78 is 1.77. The van der Waals surface area contributed by atoms with Crippen molar-refractivity contribution in [1.29, 1.82) is 0 Å². The van der Waals surface area contributed by atoms with Crippen molar-refractivity contribution < 1.29 is 9.90 Å². The van der Waals surface area contributed by atoms with Crippen molar-refractivity contribution in [3.8, 4) is 0 Å². The number of hydrogen-bond acceptors (Lipinski definition) is 3. The van der Waals surface area contributed by atoms with Gasteiger partial charge in [-0.2, -0.15) is 5.10 Å². The third-order valence-corrected chi connectivity index (χ3v) is 2.17. The molecule has 2 N–H and O–H groups in total. The van der Waals surface area contributed by atoms with Gasteiger partial charge in [0, 0.05) is 12.7 Å². The van der Waals surface area contributed by atoms with Crippen molar-refractivity contribution in [2.75, 3.05) is 6.54 Å². The standard InChI is InChI=1S/C10H17N3O2/c1-3-11-9(10(14)15)5-7-13-6-4-8(2)12-13/h4,6,9,11H,3,5,7H2,1-2H3,(H,14,15). The van der Waals surface area contributed by atoms with E-state index in [0.29, 0.717) is 19.5 Å². The maximum atomic E-state index is 10.8. The molecule has 1 aromatic heterocycles. The Bertz CT molecular complexity index is 322. The van der Waals surface area contributed by atoms with Gasteiger partial charge in [0.25, 0.3) is 0 Å². The Morgan fingerprint density at radius 1 is 1.73 bits per heavy atom. The molecule has 1 heterocycles. The molecule has 1 aromatic rings. The zero-order valence-electron chi connectivity index (χ0n) is 9.10. The predicted octanol–water partition coefficient (Wildman–Crippen LogP) is 0.644. The molecule has 15 heavy (non-hydrogen) atoms. The zero-order chi connectivity index (χ0) is 11.3. The van der Waals surface area contributed by atoms with Crippen molar-refractivity contribution in [1.82, 2.24) is 15.1 Å². The molecule has 1 rings (SSSR count). The molecule has 0 saturated carbocycles. The van der Waals surface area contributed by atoms with Crippen molar-refractivity contribution in [3.63, 3.8) is 0 Å². The van der Waals surface area contributed by atoms with Gasteiger partial charge in [-0.3, -0.25) is 9.48 Å². The van der Waals surface area contributed by atoms with Crippen LogP contribution < -0.4 is 5.32 Å². The van der Waals surface area contributed by atoms with Crippen LogP contribution in [-0.4, -0.2) is 33.4 Å². The molecule has 0 amide bonds. The quantitative estimate of drug-likeness (QED) is 0.724. The number of nitrogens with one attached hydrogen (secondary N) is 1. The molecule has 0 aliphatic rings. The molecule has 0 saturated heterocycles. The van der Waals surface area contributed by atoms with Crippen LogP contribution in [0.1, 0.15) is 19.0 Å². The average molecular weight is 211 g/mol. The maximum Gasteiger partial charge on any atom is 0.320 e. The number of nitrogens with zero attached hydrogens (tertiary/aromatic N) is 2. The Balaban J connectivity index is 2.43. The lowest BCUT2D eigenvalue weighted by atomic mass is 10.2. The first-order chi connectivity index (χ1) is 7.13. The highest BCUT2D eigenvalue weighted by Gasteiger charge is 2.15. The molecule has 0 bridgehead atoms. The molecule has 0 radical (unpaired) electrons. The molecule has 5 nitrogen and oxygen atoms in total. The van der Waals surface area contributed by atoms with Crippen LogP contribution in [-0.2, 0) is 11.3 Å². The van der Waals surface area contributed by atoms with E-state index in [1.807, 2.05) is 26.1 Å². The van der Waals surface area contributed by atoms with Gasteiger partial charge in [0.2, 0.25) is 0 Å². The van der Waals surface area contributed by atoms with Crippen molar-refractivity contribution in [2.45, 2.75) is 32.9 Å². The minimum absolute atomic E-state index is 0.487. The van der Waals surface area contributed by atoms with Gasteiger partial charge in [-0.1, -0.05) is 6.92 Å². The van der Waals surface area contributed by atoms with Gasteiger partial charge in [-0.25, -0.2) is 0 Å². The lowest BCUT2D eigenvalue weighted by molar-refractivity contribution is -0.139. The van der Waals surface area contributed by atoms with Gasteiger partial charge in [-0.15, -0.1) is 0 Å². The van der Waals surface area contributed by atoms with E-state index in [4.69, 9.17) is 5.11 Å². The summed E-state index contributed by atoms with van der Waals surface area (Å²) in [6, 6.07) is 1.42. The molecule has 84 valence electrons. The molecule has 1 unspecified atom stereocenters. The largest absolute Gasteiger partial charge is 0.480 e. The van der Waals surface area contributed by atoms with Crippen LogP contribution in [0, 0.1) is 6.92 Å². The fourth-order valence-electron chi connectivity index (χ4n) is 1.41. The fourth-order valence-corrected chi connectivity index (χ4v) is 1.41. The number of carbonyl (C=O) groups is 1. The van der Waals surface area contributed by atoms with Crippen LogP contribution in [0.5, 0.6) is 0 Å². The van der Waals surface area contributed by atoms with E-state index < -0.39 is 12.0 Å². The van der Waals surface area contributed by atoms with E-state index in [0.717, 1.165) is 5.69 Å². The molecule has 0 aliphatic carbocycles. The monoisotopic (exact) mass is 211 g/mol. The lowest BCUT2D eigenvalue weighted by Crippen LogP contribution is -2.37. The summed E-state index contributed by atoms with van der Waals surface area (Å²) in [6.45, 7) is 5.09. The normalized spacial score (nSPS) is 12.7. The van der Waals surface area contributed by atoms with Crippen LogP contribution in [0.4, 0.5) is 0 Å². The Kier molecular flexibility index (Phi) is 4.30. The molecule has 0 spiro atoms. The molecular formula is C10H17N3O2. The summed E-state index contributed by atoms with van der Waals surface area (Å²) in [5, 5.41) is 16.0. The summed E-state index contributed by atoms with van der Waals surface area (Å²) in [4.78, 5) is 10.8. The summed E-state index contributed by atoms with van der Waals surface area (Å²) in [5.41, 5.74) is 0.949. The molecular weight excluding hydrogens is 194 g/mol. The van der Waals surface area contributed by atoms with E-state index >= 15 is 0 Å². The number of carboxylic acid groups (broad SMARTS) is 1. The van der Waals surface area contributed by atoms with E-state index in [9.17, 15) is 4.79 Å². The first kappa shape index (κ1) is 11.7. The van der Waals surface area contributed by atoms with Gasteiger partial charge in [0.05, 0.1) is 5.69 Å². The SMILES string of the molecule is CCNC(CCn1ccc(C)n1)C(=O)O. The van der Waals surface area contributed by atoms with Crippen LogP contribution in [0.2, 0.25) is 0 Å². The van der Waals surface area contributed by atoms with Gasteiger partial charge in [-0.05, 0) is 26.0 Å². The fraction of sp³-hybridized carbons (Fsp3) is 0.600. The van der Waals surface area contributed by atoms with Crippen molar-refractivity contribution >= 4 is 5.97 Å². The maximum absolute atomic E-state index is 10.8. The third-order valence-electron chi connectivity index (χ3n) is 2.17. The van der Waals surface area contributed by atoms with E-state index in [1.165, 1.54) is 0 Å². The smallest absolute Gasteiger partial charge is 0.320 e. The number of aromatic nitrogens is 2. The number of hydrogen-bond donors (Lipinski definition) is 2. The first-order valence-electron chi connectivity index (χ1n) is 5.09. The van der Waals surface area contributed by atoms with Crippen molar-refractivity contribution in [3.05, 3.63) is 18.0 Å². The molecule has 5 heteroatoms. The molecule has 0 aliphatic heterocycles. The number of aryl methyl sites for hydroxylation is 2. The van der Waals surface area contributed by atoms with E-state index in [-0.39, 0.29) is 0 Å². The topological polar surface area (TPSA) is 67.2 Å². The van der Waals surface area contributed by atoms with Crippen LogP contribution in [0.3, 0.4) is 0 Å². The number of rotatable bonds is 6. The summed E-state index contributed by atoms with van der Waals surface area (Å²) in [5.74, 6) is -0.805. The number of likely N-dealkylation sites (N-methyl/N-ethyl adjacent to an activating group) is 1. The minimum atomic E-state index is -0.805. The summed E-state index contributed by atoms with van der Waals surface area (Å²) >= 11 is 0. The van der Waals surface area contributed by atoms with Crippen LogP contribution >= 0.6 is 0 Å². The molecule has 0 fully saturated rings. The Morgan fingerprint density at radius 2 is 2.47 bits per heavy atom. The first-order valence-corrected chi connectivity index (χ1v) is 5.09. The van der Waals surface area contributed by atoms with E-state index in [2.05, 4.69) is 10.4 Å². The van der Waals surface area contributed by atoms with Crippen molar-refractivity contribution in [2.24, 2.45) is 0 Å². The van der Waals surface area contributed by atoms with Crippen LogP contribution in [0.15, 0.2) is 12.3 Å². The van der Waals surface area contributed by atoms with E-state index in [1.54, 1.807) is 4.68 Å². The summed E-state index contributed by atoms with van der Waals surface area (Å²) in [6.07, 6.45) is 2.41. The Morgan fingerprint density at radius 3 is 2.93 bits per heavy atom. The number of aliphatic carboxylic acids is 1. The zero-order valence-corrected chi connectivity index (χ0v) is 9.10. The highest BCUT2D eigenvalue weighted by Crippen LogP contribution is 1.98.